The first kappa shape index (κ1) is 6.40. The van der Waals surface area contributed by atoms with Crippen molar-refractivity contribution >= 4 is 11.9 Å². The average Bonchev–Trinajstić information content (AvgIpc) is 2.58. The highest BCUT2D eigenvalue weighted by atomic mass is 15.5. The van der Waals surface area contributed by atoms with Crippen LogP contribution in [-0.4, -0.2) is 12.8 Å². The van der Waals surface area contributed by atoms with Gasteiger partial charge in [-0.05, 0) is 12.1 Å². The third kappa shape index (κ3) is 1.24. The number of para-hydroxylation sites is 1. The number of hydrazone groups is 1. The van der Waals surface area contributed by atoms with Crippen molar-refractivity contribution < 1.29 is 0 Å². The average molecular weight is 146 g/mol. The van der Waals surface area contributed by atoms with Gasteiger partial charge in [-0.3, -0.25) is 5.01 Å². The summed E-state index contributed by atoms with van der Waals surface area (Å²) in [5.74, 6) is 0. The fraction of sp³-hybridized carbons (Fsp3) is 0.222. The van der Waals surface area contributed by atoms with Gasteiger partial charge in [-0.25, -0.2) is 0 Å². The lowest BCUT2D eigenvalue weighted by molar-refractivity contribution is 0.922. The quantitative estimate of drug-likeness (QED) is 0.590. The van der Waals surface area contributed by atoms with Gasteiger partial charge in [0.25, 0.3) is 0 Å². The molecule has 2 rings (SSSR count). The van der Waals surface area contributed by atoms with Crippen molar-refractivity contribution in [2.45, 2.75) is 6.42 Å². The lowest BCUT2D eigenvalue weighted by Gasteiger charge is -2.12. The van der Waals surface area contributed by atoms with Gasteiger partial charge >= 0.3 is 0 Å². The molecule has 2 heteroatoms. The molecular weight excluding hydrogens is 136 g/mol. The fourth-order valence-corrected chi connectivity index (χ4v) is 1.19. The van der Waals surface area contributed by atoms with Crippen molar-refractivity contribution in [3.05, 3.63) is 30.3 Å². The molecule has 1 aromatic rings. The van der Waals surface area contributed by atoms with Crippen molar-refractivity contribution in [1.82, 2.24) is 0 Å². The lowest BCUT2D eigenvalue weighted by atomic mass is 10.3. The van der Waals surface area contributed by atoms with E-state index in [1.54, 1.807) is 0 Å². The standard InChI is InChI=1S/C9H10N2/c1-2-5-9(6-3-1)11-8-4-7-10-11/h1-3,5-7H,4,8H2. The minimum absolute atomic E-state index is 1.02. The molecule has 0 radical (unpaired) electrons. The van der Waals surface area contributed by atoms with Crippen LogP contribution in [0.2, 0.25) is 0 Å². The van der Waals surface area contributed by atoms with Gasteiger partial charge in [0, 0.05) is 19.2 Å². The SMILES string of the molecule is C1=NN(c2ccccc2)CC1. The van der Waals surface area contributed by atoms with Crippen molar-refractivity contribution in [2.75, 3.05) is 11.6 Å². The maximum Gasteiger partial charge on any atom is 0.0593 e. The molecule has 1 aliphatic rings. The Morgan fingerprint density at radius 1 is 1.18 bits per heavy atom. The number of rotatable bonds is 1. The summed E-state index contributed by atoms with van der Waals surface area (Å²) >= 11 is 0. The van der Waals surface area contributed by atoms with E-state index in [1.807, 2.05) is 29.4 Å². The molecule has 2 nitrogen and oxygen atoms in total. The summed E-state index contributed by atoms with van der Waals surface area (Å²) in [7, 11) is 0. The van der Waals surface area contributed by atoms with E-state index < -0.39 is 0 Å². The zero-order valence-corrected chi connectivity index (χ0v) is 6.27. The Bertz CT molecular complexity index is 254. The van der Waals surface area contributed by atoms with Crippen LogP contribution in [-0.2, 0) is 0 Å². The van der Waals surface area contributed by atoms with Gasteiger partial charge in [0.1, 0.15) is 0 Å². The minimum atomic E-state index is 1.02. The van der Waals surface area contributed by atoms with Crippen LogP contribution >= 0.6 is 0 Å². The largest absolute Gasteiger partial charge is 0.266 e. The van der Waals surface area contributed by atoms with Crippen molar-refractivity contribution in [3.63, 3.8) is 0 Å². The highest BCUT2D eigenvalue weighted by Gasteiger charge is 2.05. The van der Waals surface area contributed by atoms with E-state index in [4.69, 9.17) is 0 Å². The normalized spacial score (nSPS) is 15.8. The van der Waals surface area contributed by atoms with E-state index in [9.17, 15) is 0 Å². The van der Waals surface area contributed by atoms with Gasteiger partial charge in [-0.1, -0.05) is 18.2 Å². The van der Waals surface area contributed by atoms with Crippen LogP contribution in [0.4, 0.5) is 5.69 Å². The topological polar surface area (TPSA) is 15.6 Å². The van der Waals surface area contributed by atoms with E-state index in [2.05, 4.69) is 17.2 Å². The van der Waals surface area contributed by atoms with E-state index >= 15 is 0 Å². The highest BCUT2D eigenvalue weighted by Crippen LogP contribution is 2.15. The van der Waals surface area contributed by atoms with Gasteiger partial charge in [-0.2, -0.15) is 5.10 Å². The molecule has 0 aromatic heterocycles. The zero-order valence-electron chi connectivity index (χ0n) is 6.27. The van der Waals surface area contributed by atoms with Crippen LogP contribution < -0.4 is 5.01 Å². The van der Waals surface area contributed by atoms with Crippen molar-refractivity contribution in [3.8, 4) is 0 Å². The van der Waals surface area contributed by atoms with Crippen LogP contribution in [0.15, 0.2) is 35.4 Å². The Hall–Kier alpha value is -1.31. The second-order valence-corrected chi connectivity index (χ2v) is 2.55. The summed E-state index contributed by atoms with van der Waals surface area (Å²) in [4.78, 5) is 0. The molecule has 0 atom stereocenters. The summed E-state index contributed by atoms with van der Waals surface area (Å²) in [5, 5.41) is 6.23. The van der Waals surface area contributed by atoms with E-state index in [1.165, 1.54) is 5.69 Å². The smallest absolute Gasteiger partial charge is 0.0593 e. The second kappa shape index (κ2) is 2.74. The Morgan fingerprint density at radius 3 is 2.64 bits per heavy atom. The van der Waals surface area contributed by atoms with E-state index in [0.29, 0.717) is 0 Å². The van der Waals surface area contributed by atoms with Crippen LogP contribution in [0.3, 0.4) is 0 Å². The summed E-state index contributed by atoms with van der Waals surface area (Å²) < 4.78 is 0. The summed E-state index contributed by atoms with van der Waals surface area (Å²) in [6.45, 7) is 1.02. The molecule has 0 aliphatic carbocycles. The Labute approximate surface area is 66.1 Å². The Morgan fingerprint density at radius 2 is 2.00 bits per heavy atom. The van der Waals surface area contributed by atoms with Gasteiger partial charge in [-0.15, -0.1) is 0 Å². The molecule has 1 heterocycles. The maximum absolute atomic E-state index is 4.21. The van der Waals surface area contributed by atoms with Crippen molar-refractivity contribution in [1.29, 1.82) is 0 Å². The summed E-state index contributed by atoms with van der Waals surface area (Å²) in [6.07, 6.45) is 3.02. The molecule has 0 saturated carbocycles. The molecule has 56 valence electrons. The number of hydrogen-bond donors (Lipinski definition) is 0. The number of benzene rings is 1. The highest BCUT2D eigenvalue weighted by molar-refractivity contribution is 5.65. The molecule has 1 aliphatic heterocycles. The third-order valence-electron chi connectivity index (χ3n) is 1.75. The summed E-state index contributed by atoms with van der Waals surface area (Å²) in [5.41, 5.74) is 1.18. The summed E-state index contributed by atoms with van der Waals surface area (Å²) in [6, 6.07) is 10.2. The predicted octanol–water partition coefficient (Wildman–Crippen LogP) is 1.88. The zero-order chi connectivity index (χ0) is 7.52. The van der Waals surface area contributed by atoms with Gasteiger partial charge < -0.3 is 0 Å². The Balaban J connectivity index is 2.23. The Kier molecular flexibility index (Phi) is 1.60. The van der Waals surface area contributed by atoms with Crippen LogP contribution in [0.25, 0.3) is 0 Å². The molecule has 0 N–H and O–H groups in total. The van der Waals surface area contributed by atoms with Crippen LogP contribution in [0, 0.1) is 0 Å². The van der Waals surface area contributed by atoms with Gasteiger partial charge in [0.05, 0.1) is 5.69 Å². The predicted molar refractivity (Wildman–Crippen MR) is 46.9 cm³/mol. The molecule has 0 saturated heterocycles. The first-order valence-electron chi connectivity index (χ1n) is 3.82. The van der Waals surface area contributed by atoms with Crippen molar-refractivity contribution in [2.24, 2.45) is 5.10 Å². The first-order valence-corrected chi connectivity index (χ1v) is 3.82. The second-order valence-electron chi connectivity index (χ2n) is 2.55. The fourth-order valence-electron chi connectivity index (χ4n) is 1.19. The molecule has 0 amide bonds. The van der Waals surface area contributed by atoms with Crippen LogP contribution in [0.1, 0.15) is 6.42 Å². The van der Waals surface area contributed by atoms with Gasteiger partial charge in [0.15, 0.2) is 0 Å². The first-order chi connectivity index (χ1) is 5.47. The number of hydrogen-bond acceptors (Lipinski definition) is 2. The van der Waals surface area contributed by atoms with Crippen LogP contribution in [0.5, 0.6) is 0 Å². The molecule has 11 heavy (non-hydrogen) atoms. The maximum atomic E-state index is 4.21. The molecule has 1 aromatic carbocycles. The molecule has 0 unspecified atom stereocenters. The third-order valence-corrected chi connectivity index (χ3v) is 1.75. The number of anilines is 1. The van der Waals surface area contributed by atoms with Gasteiger partial charge in [0.2, 0.25) is 0 Å². The number of nitrogens with zero attached hydrogens (tertiary/aromatic N) is 2. The molecule has 0 fully saturated rings. The van der Waals surface area contributed by atoms with E-state index in [-0.39, 0.29) is 0 Å². The minimum Gasteiger partial charge on any atom is -0.266 e. The molecule has 0 spiro atoms. The molecule has 0 bridgehead atoms. The monoisotopic (exact) mass is 146 g/mol. The molecular formula is C9H10N2. The van der Waals surface area contributed by atoms with E-state index in [0.717, 1.165) is 13.0 Å². The lowest BCUT2D eigenvalue weighted by Crippen LogP contribution is -2.11.